The summed E-state index contributed by atoms with van der Waals surface area (Å²) in [6, 6.07) is 5.66. The normalized spacial score (nSPS) is 13.8. The first-order valence-electron chi connectivity index (χ1n) is 9.88. The molecule has 2 heterocycles. The summed E-state index contributed by atoms with van der Waals surface area (Å²) in [4.78, 5) is 20.1. The number of nitrogens with one attached hydrogen (secondary N) is 1. The topological polar surface area (TPSA) is 63.6 Å². The molecule has 0 spiro atoms. The van der Waals surface area contributed by atoms with Crippen molar-refractivity contribution in [2.24, 2.45) is 5.92 Å². The van der Waals surface area contributed by atoms with E-state index in [4.69, 9.17) is 28.3 Å². The summed E-state index contributed by atoms with van der Waals surface area (Å²) in [5, 5.41) is 6.08. The van der Waals surface area contributed by atoms with Gasteiger partial charge in [0.2, 0.25) is 0 Å². The number of imidazole rings is 1. The molecule has 2 aromatic heterocycles. The third-order valence-corrected chi connectivity index (χ3v) is 5.96. The van der Waals surface area contributed by atoms with Crippen molar-refractivity contribution in [3.8, 4) is 0 Å². The zero-order valence-electron chi connectivity index (χ0n) is 16.5. The lowest BCUT2D eigenvalue weighted by molar-refractivity contribution is 0.383. The summed E-state index contributed by atoms with van der Waals surface area (Å²) in [5.74, 6) is 0.495. The molecule has 0 aliphatic heterocycles. The number of H-pyrrole nitrogens is 1. The fourth-order valence-electron chi connectivity index (χ4n) is 3.91. The summed E-state index contributed by atoms with van der Waals surface area (Å²) < 4.78 is 1.57. The van der Waals surface area contributed by atoms with Gasteiger partial charge in [-0.1, -0.05) is 56.5 Å². The largest absolute Gasteiger partial charge is 0.340 e. The minimum atomic E-state index is -0.109. The Balaban J connectivity index is 2.04. The lowest BCUT2D eigenvalue weighted by Gasteiger charge is -2.26. The molecule has 0 saturated heterocycles. The number of aromatic nitrogens is 4. The molecule has 3 rings (SSSR count). The Morgan fingerprint density at radius 3 is 2.61 bits per heavy atom. The van der Waals surface area contributed by atoms with Crippen molar-refractivity contribution < 1.29 is 0 Å². The average molecular weight is 421 g/mol. The number of hydrogen-bond acceptors (Lipinski definition) is 3. The first-order chi connectivity index (χ1) is 13.5. The third kappa shape index (κ3) is 4.11. The van der Waals surface area contributed by atoms with Gasteiger partial charge in [-0.05, 0) is 42.9 Å². The van der Waals surface area contributed by atoms with Crippen LogP contribution >= 0.6 is 23.2 Å². The minimum absolute atomic E-state index is 0.109. The summed E-state index contributed by atoms with van der Waals surface area (Å²) in [5.41, 5.74) is 3.09. The van der Waals surface area contributed by atoms with Crippen LogP contribution in [0, 0.1) is 5.92 Å². The van der Waals surface area contributed by atoms with E-state index >= 15 is 0 Å². The highest BCUT2D eigenvalue weighted by Crippen LogP contribution is 2.35. The molecule has 0 aliphatic carbocycles. The molecule has 0 fully saturated rings. The van der Waals surface area contributed by atoms with Gasteiger partial charge in [0, 0.05) is 22.5 Å². The second-order valence-corrected chi connectivity index (χ2v) is 8.01. The zero-order chi connectivity index (χ0) is 20.3. The van der Waals surface area contributed by atoms with E-state index in [1.54, 1.807) is 17.1 Å². The van der Waals surface area contributed by atoms with Crippen LogP contribution < -0.4 is 5.56 Å². The molecule has 3 aromatic rings. The third-order valence-electron chi connectivity index (χ3n) is 5.38. The maximum Gasteiger partial charge on any atom is 0.292 e. The first kappa shape index (κ1) is 20.9. The van der Waals surface area contributed by atoms with Gasteiger partial charge in [-0.3, -0.25) is 4.79 Å². The summed E-state index contributed by atoms with van der Waals surface area (Å²) in [6.45, 7) is 6.98. The van der Waals surface area contributed by atoms with Crippen LogP contribution in [0.25, 0.3) is 11.0 Å². The SMILES string of the molecule is CCCn1nc(C(CC)C(CC)Cc2ccc(Cl)cc2Cl)c2nc[nH]c2c1=O. The van der Waals surface area contributed by atoms with Gasteiger partial charge in [-0.25, -0.2) is 9.67 Å². The maximum absolute atomic E-state index is 12.6. The second-order valence-electron chi connectivity index (χ2n) is 7.16. The van der Waals surface area contributed by atoms with Gasteiger partial charge in [-0.15, -0.1) is 0 Å². The average Bonchev–Trinajstić information content (AvgIpc) is 3.17. The molecule has 0 amide bonds. The van der Waals surface area contributed by atoms with Crippen molar-refractivity contribution in [2.75, 3.05) is 0 Å². The molecule has 1 N–H and O–H groups in total. The molecule has 0 saturated carbocycles. The number of fused-ring (bicyclic) bond motifs is 1. The highest BCUT2D eigenvalue weighted by Gasteiger charge is 2.27. The number of rotatable bonds is 8. The molecule has 0 radical (unpaired) electrons. The van der Waals surface area contributed by atoms with Gasteiger partial charge in [0.25, 0.3) is 5.56 Å². The van der Waals surface area contributed by atoms with Crippen molar-refractivity contribution >= 4 is 34.2 Å². The van der Waals surface area contributed by atoms with Gasteiger partial charge in [0.05, 0.1) is 12.0 Å². The van der Waals surface area contributed by atoms with Crippen molar-refractivity contribution in [1.82, 2.24) is 19.7 Å². The van der Waals surface area contributed by atoms with Crippen LogP contribution in [-0.2, 0) is 13.0 Å². The predicted octanol–water partition coefficient (Wildman–Crippen LogP) is 5.60. The number of aromatic amines is 1. The number of hydrogen-bond donors (Lipinski definition) is 1. The number of benzene rings is 1. The summed E-state index contributed by atoms with van der Waals surface area (Å²) >= 11 is 12.5. The van der Waals surface area contributed by atoms with E-state index in [1.807, 2.05) is 19.1 Å². The minimum Gasteiger partial charge on any atom is -0.340 e. The quantitative estimate of drug-likeness (QED) is 0.515. The number of aryl methyl sites for hydroxylation is 1. The lowest BCUT2D eigenvalue weighted by Crippen LogP contribution is -2.27. The smallest absolute Gasteiger partial charge is 0.292 e. The highest BCUT2D eigenvalue weighted by atomic mass is 35.5. The molecule has 28 heavy (non-hydrogen) atoms. The van der Waals surface area contributed by atoms with Crippen molar-refractivity contribution in [2.45, 2.75) is 58.9 Å². The molecular formula is C21H26Cl2N4O. The van der Waals surface area contributed by atoms with Crippen LogP contribution in [0.3, 0.4) is 0 Å². The highest BCUT2D eigenvalue weighted by molar-refractivity contribution is 6.35. The van der Waals surface area contributed by atoms with E-state index < -0.39 is 0 Å². The van der Waals surface area contributed by atoms with E-state index in [-0.39, 0.29) is 11.5 Å². The van der Waals surface area contributed by atoms with Gasteiger partial charge < -0.3 is 4.98 Å². The van der Waals surface area contributed by atoms with Gasteiger partial charge >= 0.3 is 0 Å². The van der Waals surface area contributed by atoms with E-state index in [9.17, 15) is 4.79 Å². The molecule has 0 aliphatic rings. The molecular weight excluding hydrogens is 395 g/mol. The number of halogens is 2. The van der Waals surface area contributed by atoms with Crippen LogP contribution in [0.2, 0.25) is 10.0 Å². The van der Waals surface area contributed by atoms with Gasteiger partial charge in [0.15, 0.2) is 0 Å². The number of nitrogens with zero attached hydrogens (tertiary/aromatic N) is 3. The van der Waals surface area contributed by atoms with Gasteiger partial charge in [0.1, 0.15) is 11.0 Å². The molecule has 150 valence electrons. The fourth-order valence-corrected chi connectivity index (χ4v) is 4.39. The van der Waals surface area contributed by atoms with Crippen LogP contribution in [0.1, 0.15) is 57.2 Å². The van der Waals surface area contributed by atoms with Crippen LogP contribution in [0.15, 0.2) is 29.3 Å². The van der Waals surface area contributed by atoms with Crippen molar-refractivity contribution in [3.63, 3.8) is 0 Å². The first-order valence-corrected chi connectivity index (χ1v) is 10.6. The molecule has 5 nitrogen and oxygen atoms in total. The van der Waals surface area contributed by atoms with E-state index in [1.165, 1.54) is 0 Å². The molecule has 1 aromatic carbocycles. The van der Waals surface area contributed by atoms with Crippen LogP contribution in [0.4, 0.5) is 0 Å². The van der Waals surface area contributed by atoms with E-state index in [2.05, 4.69) is 23.8 Å². The van der Waals surface area contributed by atoms with Crippen molar-refractivity contribution in [1.29, 1.82) is 0 Å². The van der Waals surface area contributed by atoms with E-state index in [0.29, 0.717) is 33.5 Å². The Morgan fingerprint density at radius 2 is 1.96 bits per heavy atom. The zero-order valence-corrected chi connectivity index (χ0v) is 18.0. The molecule has 2 atom stereocenters. The van der Waals surface area contributed by atoms with Crippen molar-refractivity contribution in [3.05, 3.63) is 56.2 Å². The monoisotopic (exact) mass is 420 g/mol. The summed E-state index contributed by atoms with van der Waals surface area (Å²) in [6.07, 6.45) is 5.13. The van der Waals surface area contributed by atoms with E-state index in [0.717, 1.165) is 36.9 Å². The van der Waals surface area contributed by atoms with Crippen LogP contribution in [-0.4, -0.2) is 19.7 Å². The Labute approximate surface area is 175 Å². The second kappa shape index (κ2) is 9.10. The Bertz CT molecular complexity index is 1010. The predicted molar refractivity (Wildman–Crippen MR) is 115 cm³/mol. The standard InChI is InChI=1S/C21H26Cl2N4O/c1-4-9-27-21(28)20-19(24-12-25-20)18(26-27)16(6-3)13(5-2)10-14-7-8-15(22)11-17(14)23/h7-8,11-13,16H,4-6,9-10H2,1-3H3,(H,24,25). The Morgan fingerprint density at radius 1 is 1.18 bits per heavy atom. The van der Waals surface area contributed by atoms with Crippen LogP contribution in [0.5, 0.6) is 0 Å². The Hall–Kier alpha value is -1.85. The Kier molecular flexibility index (Phi) is 6.78. The fraction of sp³-hybridized carbons (Fsp3) is 0.476. The molecule has 2 unspecified atom stereocenters. The summed E-state index contributed by atoms with van der Waals surface area (Å²) in [7, 11) is 0. The maximum atomic E-state index is 12.6. The lowest BCUT2D eigenvalue weighted by atomic mass is 9.81. The van der Waals surface area contributed by atoms with Gasteiger partial charge in [-0.2, -0.15) is 5.10 Å². The molecule has 0 bridgehead atoms. The molecule has 7 heteroatoms.